The van der Waals surface area contributed by atoms with Crippen molar-refractivity contribution >= 4 is 22.7 Å². The Bertz CT molecular complexity index is 759. The molecule has 2 bridgehead atoms. The molecule has 2 amide bonds. The number of hydrogen-bond acceptors (Lipinski definition) is 2. The van der Waals surface area contributed by atoms with Crippen molar-refractivity contribution in [2.24, 2.45) is 13.0 Å². The number of aryl methyl sites for hydroxylation is 1. The monoisotopic (exact) mass is 283 g/mol. The van der Waals surface area contributed by atoms with Gasteiger partial charge < -0.3 is 15.2 Å². The molecule has 5 heteroatoms. The first-order valence-electron chi connectivity index (χ1n) is 7.16. The van der Waals surface area contributed by atoms with Gasteiger partial charge in [0.25, 0.3) is 0 Å². The molecule has 1 unspecified atom stereocenters. The van der Waals surface area contributed by atoms with Gasteiger partial charge >= 0.3 is 0 Å². The highest BCUT2D eigenvalue weighted by atomic mass is 16.2. The number of carbonyl (C=O) groups excluding carboxylic acids is 2. The number of benzene rings is 1. The van der Waals surface area contributed by atoms with Gasteiger partial charge in [0.1, 0.15) is 11.6 Å². The summed E-state index contributed by atoms with van der Waals surface area (Å²) in [5, 5.41) is 6.93. The van der Waals surface area contributed by atoms with Crippen LogP contribution in [-0.4, -0.2) is 22.0 Å². The van der Waals surface area contributed by atoms with Gasteiger partial charge in [-0.05, 0) is 25.0 Å². The maximum atomic E-state index is 12.2. The van der Waals surface area contributed by atoms with E-state index in [-0.39, 0.29) is 17.7 Å². The minimum absolute atomic E-state index is 0.0661. The Labute approximate surface area is 122 Å². The van der Waals surface area contributed by atoms with Gasteiger partial charge in [0.05, 0.1) is 0 Å². The molecule has 1 atom stereocenters. The average Bonchev–Trinajstić information content (AvgIpc) is 2.75. The van der Waals surface area contributed by atoms with Gasteiger partial charge in [-0.1, -0.05) is 18.2 Å². The van der Waals surface area contributed by atoms with Crippen molar-refractivity contribution in [3.05, 3.63) is 36.0 Å². The van der Waals surface area contributed by atoms with Crippen LogP contribution in [0.3, 0.4) is 0 Å². The smallest absolute Gasteiger partial charge is 0.235 e. The van der Waals surface area contributed by atoms with Crippen molar-refractivity contribution < 1.29 is 9.59 Å². The Balaban J connectivity index is 1.89. The standard InChI is InChI=1S/C16H17N3O2/c1-16-7-10(13(14(20)17-16)15(21)18-16)11-8-19(2)12-6-4-3-5-9(11)12/h3-6,8,10,13H,7H2,1-2H3,(H,17,20)(H,18,21). The zero-order chi connectivity index (χ0) is 14.8. The minimum atomic E-state index is -0.634. The first-order chi connectivity index (χ1) is 9.98. The molecule has 3 saturated heterocycles. The van der Waals surface area contributed by atoms with E-state index in [9.17, 15) is 9.59 Å². The van der Waals surface area contributed by atoms with E-state index in [1.54, 1.807) is 0 Å². The molecule has 2 N–H and O–H groups in total. The fraction of sp³-hybridized carbons (Fsp3) is 0.375. The number of amides is 2. The van der Waals surface area contributed by atoms with Crippen molar-refractivity contribution in [3.8, 4) is 0 Å². The number of piperidine rings is 2. The van der Waals surface area contributed by atoms with E-state index >= 15 is 0 Å². The Morgan fingerprint density at radius 3 is 2.52 bits per heavy atom. The lowest BCUT2D eigenvalue weighted by atomic mass is 9.72. The SMILES string of the molecule is Cn1cc(C2CC3(C)NC(=O)C2C(=O)N3)c2ccccc21. The molecule has 5 rings (SSSR count). The Morgan fingerprint density at radius 2 is 1.86 bits per heavy atom. The van der Waals surface area contributed by atoms with Gasteiger partial charge in [-0.3, -0.25) is 9.59 Å². The summed E-state index contributed by atoms with van der Waals surface area (Å²) in [5.74, 6) is -1.02. The second kappa shape index (κ2) is 3.87. The van der Waals surface area contributed by atoms with Crippen LogP contribution in [0.4, 0.5) is 0 Å². The Kier molecular flexibility index (Phi) is 2.29. The van der Waals surface area contributed by atoms with Crippen LogP contribution in [0, 0.1) is 5.92 Å². The van der Waals surface area contributed by atoms with Gasteiger partial charge in [0.15, 0.2) is 0 Å². The van der Waals surface area contributed by atoms with Gasteiger partial charge in [0.2, 0.25) is 11.8 Å². The minimum Gasteiger partial charge on any atom is -0.350 e. The second-order valence-corrected chi connectivity index (χ2v) is 6.31. The third-order valence-corrected chi connectivity index (χ3v) is 4.72. The predicted molar refractivity (Wildman–Crippen MR) is 78.5 cm³/mol. The molecule has 0 spiro atoms. The van der Waals surface area contributed by atoms with Crippen molar-refractivity contribution in [2.45, 2.75) is 24.9 Å². The summed E-state index contributed by atoms with van der Waals surface area (Å²) >= 11 is 0. The molecular weight excluding hydrogens is 266 g/mol. The molecule has 4 heterocycles. The van der Waals surface area contributed by atoms with Crippen LogP contribution in [0.15, 0.2) is 30.5 Å². The fourth-order valence-electron chi connectivity index (χ4n) is 3.83. The number of nitrogens with one attached hydrogen (secondary N) is 2. The zero-order valence-corrected chi connectivity index (χ0v) is 12.0. The van der Waals surface area contributed by atoms with Gasteiger partial charge in [-0.25, -0.2) is 0 Å². The highest BCUT2D eigenvalue weighted by Crippen LogP contribution is 2.43. The largest absolute Gasteiger partial charge is 0.350 e. The summed E-state index contributed by atoms with van der Waals surface area (Å²) in [6.45, 7) is 1.87. The summed E-state index contributed by atoms with van der Waals surface area (Å²) < 4.78 is 2.06. The van der Waals surface area contributed by atoms with Gasteiger partial charge in [-0.2, -0.15) is 0 Å². The lowest BCUT2D eigenvalue weighted by Gasteiger charge is -2.48. The molecule has 0 radical (unpaired) electrons. The van der Waals surface area contributed by atoms with E-state index < -0.39 is 11.6 Å². The number of aromatic nitrogens is 1. The first kappa shape index (κ1) is 12.4. The predicted octanol–water partition coefficient (Wildman–Crippen LogP) is 1.24. The van der Waals surface area contributed by atoms with E-state index in [1.165, 1.54) is 0 Å². The Hall–Kier alpha value is -2.30. The molecule has 3 aliphatic heterocycles. The van der Waals surface area contributed by atoms with Crippen LogP contribution in [-0.2, 0) is 16.6 Å². The van der Waals surface area contributed by atoms with Crippen molar-refractivity contribution in [1.29, 1.82) is 0 Å². The molecule has 3 fully saturated rings. The van der Waals surface area contributed by atoms with E-state index in [4.69, 9.17) is 0 Å². The van der Waals surface area contributed by atoms with Crippen LogP contribution in [0.2, 0.25) is 0 Å². The maximum Gasteiger partial charge on any atom is 0.235 e. The highest BCUT2D eigenvalue weighted by molar-refractivity contribution is 6.05. The number of carbonyl (C=O) groups is 2. The lowest BCUT2D eigenvalue weighted by molar-refractivity contribution is -0.149. The molecule has 21 heavy (non-hydrogen) atoms. The lowest BCUT2D eigenvalue weighted by Crippen LogP contribution is -2.72. The molecule has 5 nitrogen and oxygen atoms in total. The van der Waals surface area contributed by atoms with E-state index in [2.05, 4.69) is 33.5 Å². The number of rotatable bonds is 1. The summed E-state index contributed by atoms with van der Waals surface area (Å²) in [7, 11) is 1.99. The summed E-state index contributed by atoms with van der Waals surface area (Å²) in [6, 6.07) is 8.11. The fourth-order valence-corrected chi connectivity index (χ4v) is 3.83. The van der Waals surface area contributed by atoms with Crippen molar-refractivity contribution in [2.75, 3.05) is 0 Å². The highest BCUT2D eigenvalue weighted by Gasteiger charge is 2.53. The van der Waals surface area contributed by atoms with Crippen molar-refractivity contribution in [1.82, 2.24) is 15.2 Å². The number of nitrogens with zero attached hydrogens (tertiary/aromatic N) is 1. The normalized spacial score (nSPS) is 31.3. The summed E-state index contributed by atoms with van der Waals surface area (Å²) in [5.41, 5.74) is 1.58. The van der Waals surface area contributed by atoms with Crippen LogP contribution in [0.5, 0.6) is 0 Å². The van der Waals surface area contributed by atoms with E-state index in [0.717, 1.165) is 22.9 Å². The third kappa shape index (κ3) is 1.63. The quantitative estimate of drug-likeness (QED) is 0.774. The second-order valence-electron chi connectivity index (χ2n) is 6.31. The van der Waals surface area contributed by atoms with Crippen molar-refractivity contribution in [3.63, 3.8) is 0 Å². The van der Waals surface area contributed by atoms with Crippen LogP contribution in [0.1, 0.15) is 24.8 Å². The molecule has 1 aromatic heterocycles. The number of hydrogen-bond donors (Lipinski definition) is 2. The van der Waals surface area contributed by atoms with E-state index in [1.807, 2.05) is 26.1 Å². The molecule has 108 valence electrons. The molecule has 1 aromatic carbocycles. The van der Waals surface area contributed by atoms with Crippen LogP contribution >= 0.6 is 0 Å². The Morgan fingerprint density at radius 1 is 1.19 bits per heavy atom. The first-order valence-corrected chi connectivity index (χ1v) is 7.16. The topological polar surface area (TPSA) is 63.1 Å². The molecule has 3 aliphatic rings. The molecule has 0 saturated carbocycles. The maximum absolute atomic E-state index is 12.2. The summed E-state index contributed by atoms with van der Waals surface area (Å²) in [4.78, 5) is 24.4. The van der Waals surface area contributed by atoms with E-state index in [0.29, 0.717) is 0 Å². The molecule has 2 aromatic rings. The summed E-state index contributed by atoms with van der Waals surface area (Å²) in [6.07, 6.45) is 2.78. The molecule has 0 aliphatic carbocycles. The third-order valence-electron chi connectivity index (χ3n) is 4.72. The number of fused-ring (bicyclic) bond motifs is 4. The van der Waals surface area contributed by atoms with Gasteiger partial charge in [-0.15, -0.1) is 0 Å². The average molecular weight is 283 g/mol. The van der Waals surface area contributed by atoms with Crippen LogP contribution < -0.4 is 10.6 Å². The molecular formula is C16H17N3O2. The zero-order valence-electron chi connectivity index (χ0n) is 12.0. The number of para-hydroxylation sites is 1. The van der Waals surface area contributed by atoms with Gasteiger partial charge in [0, 0.05) is 30.1 Å². The van der Waals surface area contributed by atoms with Crippen LogP contribution in [0.25, 0.3) is 10.9 Å².